The van der Waals surface area contributed by atoms with Crippen LogP contribution < -0.4 is 16.0 Å². The lowest BCUT2D eigenvalue weighted by atomic mass is 10.1. The molecule has 12 heteroatoms. The van der Waals surface area contributed by atoms with E-state index in [1.807, 2.05) is 30.3 Å². The van der Waals surface area contributed by atoms with Gasteiger partial charge in [-0.15, -0.1) is 0 Å². The van der Waals surface area contributed by atoms with Crippen LogP contribution in [0.15, 0.2) is 48.5 Å². The van der Waals surface area contributed by atoms with Crippen molar-refractivity contribution in [3.05, 3.63) is 64.7 Å². The molecule has 2 aromatic carbocycles. The van der Waals surface area contributed by atoms with Crippen molar-refractivity contribution in [2.45, 2.75) is 64.1 Å². The summed E-state index contributed by atoms with van der Waals surface area (Å²) < 4.78 is 11.0. The fourth-order valence-electron chi connectivity index (χ4n) is 4.68. The van der Waals surface area contributed by atoms with Crippen LogP contribution in [0.2, 0.25) is 5.02 Å². The summed E-state index contributed by atoms with van der Waals surface area (Å²) in [6, 6.07) is 11.4. The van der Waals surface area contributed by atoms with Crippen LogP contribution in [-0.4, -0.2) is 65.5 Å². The number of cyclic esters (lactones) is 1. The Bertz CT molecular complexity index is 1290. The highest BCUT2D eigenvalue weighted by Crippen LogP contribution is 2.24. The molecule has 2 aliphatic rings. The highest BCUT2D eigenvalue weighted by atomic mass is 35.5. The SMILES string of the molecule is CC(=O)Nc1ccc(C(=O)N[C@@H](C)C(=O)N2CCCC2C(=O)N[C@H]2CC(=O)OC2OCc2ccccc2)cc1Cl. The molecule has 0 aliphatic carbocycles. The normalized spacial score (nSPS) is 20.9. The molecule has 0 bridgehead atoms. The zero-order valence-corrected chi connectivity index (χ0v) is 22.9. The van der Waals surface area contributed by atoms with Crippen LogP contribution in [0.4, 0.5) is 5.69 Å². The molecule has 0 spiro atoms. The molecule has 2 unspecified atom stereocenters. The number of hydrogen-bond donors (Lipinski definition) is 3. The summed E-state index contributed by atoms with van der Waals surface area (Å²) in [5.74, 6) is -2.14. The van der Waals surface area contributed by atoms with Gasteiger partial charge in [-0.25, -0.2) is 0 Å². The molecule has 2 aliphatic heterocycles. The van der Waals surface area contributed by atoms with Crippen LogP contribution >= 0.6 is 11.6 Å². The Morgan fingerprint density at radius 2 is 1.90 bits per heavy atom. The number of benzene rings is 2. The van der Waals surface area contributed by atoms with E-state index >= 15 is 0 Å². The first kappa shape index (κ1) is 29.0. The molecule has 3 N–H and O–H groups in total. The lowest BCUT2D eigenvalue weighted by Crippen LogP contribution is -2.54. The van der Waals surface area contributed by atoms with E-state index in [0.717, 1.165) is 5.56 Å². The summed E-state index contributed by atoms with van der Waals surface area (Å²) in [4.78, 5) is 63.9. The van der Waals surface area contributed by atoms with Gasteiger partial charge in [0.1, 0.15) is 18.1 Å². The number of nitrogens with zero attached hydrogens (tertiary/aromatic N) is 1. The van der Waals surface area contributed by atoms with Gasteiger partial charge in [-0.2, -0.15) is 0 Å². The standard InChI is InChI=1S/C28H31ClN4O7/c1-16(30-25(36)19-10-11-21(20(29)13-19)31-17(2)34)27(38)33-12-6-9-23(33)26(37)32-22-14-24(35)40-28(22)39-15-18-7-4-3-5-8-18/h3-5,7-8,10-11,13,16,22-23,28H,6,9,12,14-15H2,1-2H3,(H,30,36)(H,31,34)(H,32,37)/t16-,22-,23?,28?/m0/s1. The van der Waals surface area contributed by atoms with Gasteiger partial charge < -0.3 is 30.3 Å². The van der Waals surface area contributed by atoms with E-state index in [1.165, 1.54) is 36.9 Å². The molecule has 4 rings (SSSR count). The largest absolute Gasteiger partial charge is 0.433 e. The maximum Gasteiger partial charge on any atom is 0.310 e. The maximum absolute atomic E-state index is 13.2. The van der Waals surface area contributed by atoms with Crippen molar-refractivity contribution in [1.29, 1.82) is 0 Å². The third-order valence-corrected chi connectivity index (χ3v) is 6.96. The van der Waals surface area contributed by atoms with Crippen molar-refractivity contribution in [3.8, 4) is 0 Å². The molecule has 4 amide bonds. The number of carbonyl (C=O) groups excluding carboxylic acids is 5. The Hall–Kier alpha value is -3.96. The minimum absolute atomic E-state index is 0.0401. The highest BCUT2D eigenvalue weighted by Gasteiger charge is 2.41. The number of carbonyl (C=O) groups is 5. The van der Waals surface area contributed by atoms with Crippen LogP contribution in [0.1, 0.15) is 49.0 Å². The maximum atomic E-state index is 13.2. The molecule has 0 saturated carbocycles. The Morgan fingerprint density at radius 1 is 1.15 bits per heavy atom. The molecule has 2 fully saturated rings. The number of halogens is 1. The number of hydrogen-bond acceptors (Lipinski definition) is 7. The zero-order chi connectivity index (χ0) is 28.8. The lowest BCUT2D eigenvalue weighted by Gasteiger charge is -2.28. The van der Waals surface area contributed by atoms with Gasteiger partial charge in [0.2, 0.25) is 24.0 Å². The number of esters is 1. The summed E-state index contributed by atoms with van der Waals surface area (Å²) in [5.41, 5.74) is 1.47. The quantitative estimate of drug-likeness (QED) is 0.393. The smallest absolute Gasteiger partial charge is 0.310 e. The summed E-state index contributed by atoms with van der Waals surface area (Å²) in [7, 11) is 0. The minimum Gasteiger partial charge on any atom is -0.433 e. The van der Waals surface area contributed by atoms with Crippen LogP contribution in [0.3, 0.4) is 0 Å². The zero-order valence-electron chi connectivity index (χ0n) is 22.1. The lowest BCUT2D eigenvalue weighted by molar-refractivity contribution is -0.168. The van der Waals surface area contributed by atoms with E-state index < -0.39 is 48.1 Å². The van der Waals surface area contributed by atoms with Gasteiger partial charge in [0.05, 0.1) is 23.7 Å². The van der Waals surface area contributed by atoms with Crippen LogP contribution in [0.5, 0.6) is 0 Å². The Kier molecular flexibility index (Phi) is 9.38. The summed E-state index contributed by atoms with van der Waals surface area (Å²) >= 11 is 6.16. The molecule has 40 heavy (non-hydrogen) atoms. The monoisotopic (exact) mass is 570 g/mol. The summed E-state index contributed by atoms with van der Waals surface area (Å²) in [5, 5.41) is 8.20. The average molecular weight is 571 g/mol. The average Bonchev–Trinajstić information content (AvgIpc) is 3.55. The van der Waals surface area contributed by atoms with Crippen molar-refractivity contribution in [2.75, 3.05) is 11.9 Å². The number of anilines is 1. The molecule has 2 aromatic rings. The van der Waals surface area contributed by atoms with Gasteiger partial charge in [0.25, 0.3) is 5.91 Å². The molecule has 0 aromatic heterocycles. The Labute approximate surface area is 236 Å². The third-order valence-electron chi connectivity index (χ3n) is 6.65. The first-order chi connectivity index (χ1) is 19.1. The van der Waals surface area contributed by atoms with Crippen molar-refractivity contribution in [3.63, 3.8) is 0 Å². The van der Waals surface area contributed by atoms with E-state index in [-0.39, 0.29) is 29.5 Å². The molecule has 0 radical (unpaired) electrons. The van der Waals surface area contributed by atoms with Gasteiger partial charge in [0.15, 0.2) is 0 Å². The Balaban J connectivity index is 1.34. The highest BCUT2D eigenvalue weighted by molar-refractivity contribution is 6.34. The van der Waals surface area contributed by atoms with Crippen LogP contribution in [0.25, 0.3) is 0 Å². The first-order valence-electron chi connectivity index (χ1n) is 13.0. The number of nitrogens with one attached hydrogen (secondary N) is 3. The molecular formula is C28H31ClN4O7. The first-order valence-corrected chi connectivity index (χ1v) is 13.3. The van der Waals surface area contributed by atoms with E-state index in [2.05, 4.69) is 16.0 Å². The number of rotatable bonds is 9. The van der Waals surface area contributed by atoms with Crippen LogP contribution in [-0.2, 0) is 35.3 Å². The molecule has 2 heterocycles. The van der Waals surface area contributed by atoms with Gasteiger partial charge in [0, 0.05) is 19.0 Å². The molecule has 2 saturated heterocycles. The second-order valence-electron chi connectivity index (χ2n) is 9.73. The minimum atomic E-state index is -0.940. The molecule has 212 valence electrons. The predicted octanol–water partition coefficient (Wildman–Crippen LogP) is 2.38. The number of likely N-dealkylation sites (tertiary alicyclic amines) is 1. The van der Waals surface area contributed by atoms with Crippen molar-refractivity contribution in [2.24, 2.45) is 0 Å². The van der Waals surface area contributed by atoms with Crippen molar-refractivity contribution >= 4 is 46.9 Å². The Morgan fingerprint density at radius 3 is 2.60 bits per heavy atom. The summed E-state index contributed by atoms with van der Waals surface area (Å²) in [6.07, 6.45) is 0.0693. The van der Waals surface area contributed by atoms with Crippen LogP contribution in [0, 0.1) is 0 Å². The second kappa shape index (κ2) is 12.9. The fraction of sp³-hybridized carbons (Fsp3) is 0.393. The molecule has 4 atom stereocenters. The van der Waals surface area contributed by atoms with E-state index in [9.17, 15) is 24.0 Å². The van der Waals surface area contributed by atoms with Gasteiger partial charge in [-0.3, -0.25) is 24.0 Å². The van der Waals surface area contributed by atoms with E-state index in [4.69, 9.17) is 21.1 Å². The van der Waals surface area contributed by atoms with Gasteiger partial charge >= 0.3 is 5.97 Å². The molecule has 11 nitrogen and oxygen atoms in total. The topological polar surface area (TPSA) is 143 Å². The number of ether oxygens (including phenoxy) is 2. The third kappa shape index (κ3) is 7.16. The van der Waals surface area contributed by atoms with E-state index in [1.54, 1.807) is 0 Å². The van der Waals surface area contributed by atoms with Crippen molar-refractivity contribution in [1.82, 2.24) is 15.5 Å². The fourth-order valence-corrected chi connectivity index (χ4v) is 4.91. The molecular weight excluding hydrogens is 540 g/mol. The summed E-state index contributed by atoms with van der Waals surface area (Å²) in [6.45, 7) is 3.44. The van der Waals surface area contributed by atoms with Gasteiger partial charge in [-0.05, 0) is 43.5 Å². The number of amides is 4. The second-order valence-corrected chi connectivity index (χ2v) is 10.1. The predicted molar refractivity (Wildman–Crippen MR) is 145 cm³/mol. The van der Waals surface area contributed by atoms with Gasteiger partial charge in [-0.1, -0.05) is 41.9 Å². The van der Waals surface area contributed by atoms with Crippen molar-refractivity contribution < 1.29 is 33.4 Å². The van der Waals surface area contributed by atoms with E-state index in [0.29, 0.717) is 25.1 Å².